The highest BCUT2D eigenvalue weighted by molar-refractivity contribution is 5.68. The van der Waals surface area contributed by atoms with Crippen LogP contribution in [0.5, 0.6) is 0 Å². The molecule has 22 heavy (non-hydrogen) atoms. The summed E-state index contributed by atoms with van der Waals surface area (Å²) in [6, 6.07) is 0.788. The third kappa shape index (κ3) is 6.50. The molecule has 1 saturated heterocycles. The molecule has 6 heteroatoms. The van der Waals surface area contributed by atoms with Crippen LogP contribution >= 0.6 is 0 Å². The Labute approximate surface area is 133 Å². The van der Waals surface area contributed by atoms with Crippen molar-refractivity contribution in [3.05, 3.63) is 0 Å². The van der Waals surface area contributed by atoms with Gasteiger partial charge in [0, 0.05) is 25.2 Å². The molecule has 1 aliphatic carbocycles. The van der Waals surface area contributed by atoms with Gasteiger partial charge in [-0.2, -0.15) is 0 Å². The zero-order valence-corrected chi connectivity index (χ0v) is 14.2. The van der Waals surface area contributed by atoms with Crippen LogP contribution in [0.25, 0.3) is 0 Å². The second-order valence-corrected chi connectivity index (χ2v) is 7.27. The Bertz CT molecular complexity index is 345. The van der Waals surface area contributed by atoms with E-state index < -0.39 is 5.60 Å². The SMILES string of the molecule is CC(C)(C)OC(=O)NC1CC(NCCCN2CCOCC2)C1. The number of ether oxygens (including phenoxy) is 2. The number of carbonyl (C=O) groups excluding carboxylic acids is 1. The molecule has 6 nitrogen and oxygen atoms in total. The summed E-state index contributed by atoms with van der Waals surface area (Å²) in [5.74, 6) is 0. The topological polar surface area (TPSA) is 62.8 Å². The quantitative estimate of drug-likeness (QED) is 0.725. The lowest BCUT2D eigenvalue weighted by molar-refractivity contribution is 0.0370. The molecule has 0 atom stereocenters. The molecule has 0 aromatic carbocycles. The average Bonchev–Trinajstić information content (AvgIpc) is 2.39. The molecule has 1 saturated carbocycles. The number of alkyl carbamates (subject to hydrolysis) is 1. The van der Waals surface area contributed by atoms with E-state index in [1.54, 1.807) is 0 Å². The Morgan fingerprint density at radius 3 is 2.55 bits per heavy atom. The van der Waals surface area contributed by atoms with Crippen LogP contribution in [0, 0.1) is 0 Å². The summed E-state index contributed by atoms with van der Waals surface area (Å²) in [5, 5.41) is 6.48. The van der Waals surface area contributed by atoms with E-state index in [9.17, 15) is 4.79 Å². The number of morpholine rings is 1. The summed E-state index contributed by atoms with van der Waals surface area (Å²) in [6.07, 6.45) is 2.86. The van der Waals surface area contributed by atoms with Crippen molar-refractivity contribution in [2.75, 3.05) is 39.4 Å². The number of carbonyl (C=O) groups is 1. The fourth-order valence-corrected chi connectivity index (χ4v) is 2.81. The van der Waals surface area contributed by atoms with Crippen LogP contribution in [0.15, 0.2) is 0 Å². The molecule has 2 fully saturated rings. The maximum absolute atomic E-state index is 11.6. The lowest BCUT2D eigenvalue weighted by Crippen LogP contribution is -2.53. The first kappa shape index (κ1) is 17.5. The first-order chi connectivity index (χ1) is 10.4. The summed E-state index contributed by atoms with van der Waals surface area (Å²) in [6.45, 7) is 11.7. The van der Waals surface area contributed by atoms with Gasteiger partial charge in [-0.25, -0.2) is 4.79 Å². The summed E-state index contributed by atoms with van der Waals surface area (Å²) in [5.41, 5.74) is -0.426. The van der Waals surface area contributed by atoms with Gasteiger partial charge in [0.15, 0.2) is 0 Å². The lowest BCUT2D eigenvalue weighted by atomic mass is 9.87. The van der Waals surface area contributed by atoms with Crippen LogP contribution in [0.1, 0.15) is 40.0 Å². The van der Waals surface area contributed by atoms with E-state index in [-0.39, 0.29) is 12.1 Å². The van der Waals surface area contributed by atoms with Crippen molar-refractivity contribution >= 4 is 6.09 Å². The van der Waals surface area contributed by atoms with E-state index in [0.29, 0.717) is 6.04 Å². The van der Waals surface area contributed by atoms with Gasteiger partial charge in [-0.1, -0.05) is 0 Å². The van der Waals surface area contributed by atoms with Crippen LogP contribution in [0.3, 0.4) is 0 Å². The van der Waals surface area contributed by atoms with Crippen molar-refractivity contribution in [1.82, 2.24) is 15.5 Å². The fraction of sp³-hybridized carbons (Fsp3) is 0.938. The number of amides is 1. The van der Waals surface area contributed by atoms with Crippen LogP contribution < -0.4 is 10.6 Å². The molecule has 0 spiro atoms. The minimum Gasteiger partial charge on any atom is -0.444 e. The number of nitrogens with one attached hydrogen (secondary N) is 2. The number of rotatable bonds is 6. The molecule has 1 aliphatic heterocycles. The van der Waals surface area contributed by atoms with Gasteiger partial charge in [0.2, 0.25) is 0 Å². The Hall–Kier alpha value is -0.850. The van der Waals surface area contributed by atoms with Crippen molar-refractivity contribution in [2.45, 2.75) is 57.7 Å². The summed E-state index contributed by atoms with van der Waals surface area (Å²) < 4.78 is 10.6. The Balaban J connectivity index is 1.46. The van der Waals surface area contributed by atoms with E-state index in [1.807, 2.05) is 20.8 Å². The first-order valence-electron chi connectivity index (χ1n) is 8.45. The molecule has 0 radical (unpaired) electrons. The third-order valence-corrected chi connectivity index (χ3v) is 4.05. The molecule has 0 aromatic rings. The second kappa shape index (κ2) is 8.13. The van der Waals surface area contributed by atoms with Crippen LogP contribution in [0.2, 0.25) is 0 Å². The molecule has 2 aliphatic rings. The number of nitrogens with zero attached hydrogens (tertiary/aromatic N) is 1. The van der Waals surface area contributed by atoms with Gasteiger partial charge in [-0.3, -0.25) is 4.90 Å². The third-order valence-electron chi connectivity index (χ3n) is 4.05. The Morgan fingerprint density at radius 1 is 1.23 bits per heavy atom. The van der Waals surface area contributed by atoms with Crippen molar-refractivity contribution in [1.29, 1.82) is 0 Å². The zero-order valence-electron chi connectivity index (χ0n) is 14.2. The van der Waals surface area contributed by atoms with Gasteiger partial charge in [0.05, 0.1) is 13.2 Å². The van der Waals surface area contributed by atoms with Crippen LogP contribution in [-0.2, 0) is 9.47 Å². The highest BCUT2D eigenvalue weighted by Crippen LogP contribution is 2.20. The van der Waals surface area contributed by atoms with E-state index in [0.717, 1.165) is 52.2 Å². The molecule has 128 valence electrons. The first-order valence-corrected chi connectivity index (χ1v) is 8.45. The summed E-state index contributed by atoms with van der Waals surface area (Å²) in [7, 11) is 0. The second-order valence-electron chi connectivity index (χ2n) is 7.27. The summed E-state index contributed by atoms with van der Waals surface area (Å²) in [4.78, 5) is 14.1. The van der Waals surface area contributed by atoms with Crippen molar-refractivity contribution in [3.8, 4) is 0 Å². The standard InChI is InChI=1S/C16H31N3O3/c1-16(2,3)22-15(20)18-14-11-13(12-14)17-5-4-6-19-7-9-21-10-8-19/h13-14,17H,4-12H2,1-3H3,(H,18,20). The Kier molecular flexibility index (Phi) is 6.47. The van der Waals surface area contributed by atoms with Crippen LogP contribution in [0.4, 0.5) is 4.79 Å². The van der Waals surface area contributed by atoms with Gasteiger partial charge in [0.1, 0.15) is 5.60 Å². The highest BCUT2D eigenvalue weighted by Gasteiger charge is 2.31. The maximum Gasteiger partial charge on any atom is 0.407 e. The van der Waals surface area contributed by atoms with Gasteiger partial charge in [-0.15, -0.1) is 0 Å². The molecule has 0 aromatic heterocycles. The molecule has 1 heterocycles. The lowest BCUT2D eigenvalue weighted by Gasteiger charge is -2.37. The monoisotopic (exact) mass is 313 g/mol. The van der Waals surface area contributed by atoms with Gasteiger partial charge < -0.3 is 20.1 Å². The number of hydrogen-bond donors (Lipinski definition) is 2. The predicted octanol–water partition coefficient (Wildman–Crippen LogP) is 1.35. The fourth-order valence-electron chi connectivity index (χ4n) is 2.81. The van der Waals surface area contributed by atoms with Gasteiger partial charge >= 0.3 is 6.09 Å². The predicted molar refractivity (Wildman–Crippen MR) is 86.1 cm³/mol. The van der Waals surface area contributed by atoms with Gasteiger partial charge in [-0.05, 0) is 53.1 Å². The maximum atomic E-state index is 11.6. The normalized spacial score (nSPS) is 26.3. The van der Waals surface area contributed by atoms with Gasteiger partial charge in [0.25, 0.3) is 0 Å². The molecular weight excluding hydrogens is 282 g/mol. The van der Waals surface area contributed by atoms with Crippen molar-refractivity contribution in [2.24, 2.45) is 0 Å². The molecule has 0 unspecified atom stereocenters. The van der Waals surface area contributed by atoms with E-state index >= 15 is 0 Å². The van der Waals surface area contributed by atoms with Crippen LogP contribution in [-0.4, -0.2) is 68.1 Å². The minimum atomic E-state index is -0.426. The molecule has 2 N–H and O–H groups in total. The Morgan fingerprint density at radius 2 is 1.91 bits per heavy atom. The summed E-state index contributed by atoms with van der Waals surface area (Å²) >= 11 is 0. The van der Waals surface area contributed by atoms with Crippen molar-refractivity contribution in [3.63, 3.8) is 0 Å². The zero-order chi connectivity index (χ0) is 16.0. The average molecular weight is 313 g/mol. The van der Waals surface area contributed by atoms with E-state index in [1.165, 1.54) is 6.42 Å². The largest absolute Gasteiger partial charge is 0.444 e. The minimum absolute atomic E-state index is 0.256. The van der Waals surface area contributed by atoms with E-state index in [2.05, 4.69) is 15.5 Å². The van der Waals surface area contributed by atoms with Crippen molar-refractivity contribution < 1.29 is 14.3 Å². The molecule has 1 amide bonds. The molecular formula is C16H31N3O3. The molecule has 0 bridgehead atoms. The highest BCUT2D eigenvalue weighted by atomic mass is 16.6. The number of hydrogen-bond acceptors (Lipinski definition) is 5. The molecule has 2 rings (SSSR count). The smallest absolute Gasteiger partial charge is 0.407 e. The van der Waals surface area contributed by atoms with E-state index in [4.69, 9.17) is 9.47 Å².